The Hall–Kier alpha value is -2.12. The van der Waals surface area contributed by atoms with E-state index in [-0.39, 0.29) is 0 Å². The Balaban J connectivity index is 2.21. The second-order valence-corrected chi connectivity index (χ2v) is 6.58. The van der Waals surface area contributed by atoms with Crippen LogP contribution in [0.2, 0.25) is 0 Å². The van der Waals surface area contributed by atoms with Gasteiger partial charge < -0.3 is 4.90 Å². The fraction of sp³-hybridized carbons (Fsp3) is 0.304. The average molecular weight is 319 g/mol. The molecular weight excluding hydrogens is 290 g/mol. The summed E-state index contributed by atoms with van der Waals surface area (Å²) in [5.74, 6) is 0. The molecule has 0 unspecified atom stereocenters. The van der Waals surface area contributed by atoms with Gasteiger partial charge in [-0.1, -0.05) is 79.8 Å². The highest BCUT2D eigenvalue weighted by Crippen LogP contribution is 2.18. The topological polar surface area (TPSA) is 3.24 Å². The van der Waals surface area contributed by atoms with E-state index in [2.05, 4.69) is 87.1 Å². The zero-order chi connectivity index (χ0) is 17.4. The number of hydrogen-bond acceptors (Lipinski definition) is 1. The largest absolute Gasteiger partial charge is 0.309 e. The molecule has 2 rings (SSSR count). The zero-order valence-electron chi connectivity index (χ0n) is 15.3. The molecule has 0 bridgehead atoms. The first-order valence-corrected chi connectivity index (χ1v) is 8.75. The lowest BCUT2D eigenvalue weighted by Gasteiger charge is -2.13. The van der Waals surface area contributed by atoms with Crippen molar-refractivity contribution in [1.82, 2.24) is 4.90 Å². The van der Waals surface area contributed by atoms with E-state index >= 15 is 0 Å². The first kappa shape index (κ1) is 18.2. The second kappa shape index (κ2) is 9.24. The van der Waals surface area contributed by atoms with Gasteiger partial charge in [-0.3, -0.25) is 0 Å². The Bertz CT molecular complexity index is 677. The number of hydrogen-bond donors (Lipinski definition) is 0. The Kier molecular flexibility index (Phi) is 7.02. The summed E-state index contributed by atoms with van der Waals surface area (Å²) < 4.78 is 0. The lowest BCUT2D eigenvalue weighted by Crippen LogP contribution is -2.14. The molecule has 126 valence electrons. The Morgan fingerprint density at radius 3 is 2.38 bits per heavy atom. The first-order chi connectivity index (χ1) is 11.6. The molecule has 1 nitrogen and oxygen atoms in total. The maximum atomic E-state index is 3.83. The van der Waals surface area contributed by atoms with E-state index in [9.17, 15) is 0 Å². The average Bonchev–Trinajstić information content (AvgIpc) is 2.60. The maximum absolute atomic E-state index is 3.83. The molecule has 2 aromatic carbocycles. The van der Waals surface area contributed by atoms with Crippen LogP contribution in [0.3, 0.4) is 0 Å². The van der Waals surface area contributed by atoms with Crippen LogP contribution in [0.1, 0.15) is 35.6 Å². The van der Waals surface area contributed by atoms with Gasteiger partial charge in [0, 0.05) is 6.54 Å². The second-order valence-electron chi connectivity index (χ2n) is 6.58. The molecule has 0 aliphatic rings. The van der Waals surface area contributed by atoms with E-state index in [1.807, 2.05) is 6.08 Å². The van der Waals surface area contributed by atoms with Crippen LogP contribution in [-0.4, -0.2) is 25.5 Å². The van der Waals surface area contributed by atoms with Gasteiger partial charge in [0.05, 0.1) is 0 Å². The van der Waals surface area contributed by atoms with Crippen LogP contribution < -0.4 is 0 Å². The summed E-state index contributed by atoms with van der Waals surface area (Å²) >= 11 is 0. The summed E-state index contributed by atoms with van der Waals surface area (Å²) in [5.41, 5.74) is 6.71. The number of aryl methyl sites for hydroxylation is 1. The summed E-state index contributed by atoms with van der Waals surface area (Å²) in [4.78, 5) is 2.25. The molecule has 0 spiro atoms. The zero-order valence-corrected chi connectivity index (χ0v) is 15.3. The molecule has 0 aliphatic heterocycles. The predicted molar refractivity (Wildman–Crippen MR) is 107 cm³/mol. The fourth-order valence-electron chi connectivity index (χ4n) is 2.75. The van der Waals surface area contributed by atoms with Crippen molar-refractivity contribution >= 4 is 12.2 Å². The molecule has 0 atom stereocenters. The van der Waals surface area contributed by atoms with Gasteiger partial charge in [-0.15, -0.1) is 0 Å². The van der Waals surface area contributed by atoms with Gasteiger partial charge in [-0.25, -0.2) is 0 Å². The Morgan fingerprint density at radius 1 is 1.00 bits per heavy atom. The smallest absolute Gasteiger partial charge is 0.00127 e. The molecule has 0 aliphatic carbocycles. The van der Waals surface area contributed by atoms with E-state index in [1.54, 1.807) is 0 Å². The van der Waals surface area contributed by atoms with Crippen molar-refractivity contribution in [2.45, 2.75) is 26.2 Å². The SMILES string of the molecule is C=Cc1ccc(CC(=Cc2cccc(CC)c2)CCN(C)C)cc1. The van der Waals surface area contributed by atoms with Crippen molar-refractivity contribution in [3.63, 3.8) is 0 Å². The third-order valence-corrected chi connectivity index (χ3v) is 4.26. The molecule has 0 N–H and O–H groups in total. The van der Waals surface area contributed by atoms with Crippen LogP contribution in [0, 0.1) is 0 Å². The van der Waals surface area contributed by atoms with Gasteiger partial charge >= 0.3 is 0 Å². The Morgan fingerprint density at radius 2 is 1.75 bits per heavy atom. The van der Waals surface area contributed by atoms with Gasteiger partial charge in [0.25, 0.3) is 0 Å². The van der Waals surface area contributed by atoms with Gasteiger partial charge in [-0.2, -0.15) is 0 Å². The van der Waals surface area contributed by atoms with Crippen molar-refractivity contribution in [3.05, 3.63) is 82.9 Å². The van der Waals surface area contributed by atoms with E-state index in [0.29, 0.717) is 0 Å². The standard InChI is InChI=1S/C23H29N/c1-5-19-10-12-21(13-11-19)17-23(14-15-24(3)4)18-22-9-7-8-20(6-2)16-22/h5,7-13,16,18H,1,6,14-15,17H2,2-4H3. The third-order valence-electron chi connectivity index (χ3n) is 4.26. The molecule has 0 amide bonds. The van der Waals surface area contributed by atoms with Gasteiger partial charge in [-0.05, 0) is 55.6 Å². The van der Waals surface area contributed by atoms with E-state index in [0.717, 1.165) is 25.8 Å². The third kappa shape index (κ3) is 5.82. The number of benzene rings is 2. The number of nitrogens with zero attached hydrogens (tertiary/aromatic N) is 1. The summed E-state index contributed by atoms with van der Waals surface area (Å²) in [5, 5.41) is 0. The first-order valence-electron chi connectivity index (χ1n) is 8.75. The fourth-order valence-corrected chi connectivity index (χ4v) is 2.75. The van der Waals surface area contributed by atoms with Crippen LogP contribution in [0.15, 0.2) is 60.7 Å². The van der Waals surface area contributed by atoms with E-state index < -0.39 is 0 Å². The molecule has 0 heterocycles. The van der Waals surface area contributed by atoms with E-state index in [4.69, 9.17) is 0 Å². The van der Waals surface area contributed by atoms with Gasteiger partial charge in [0.15, 0.2) is 0 Å². The summed E-state index contributed by atoms with van der Waals surface area (Å²) in [6.45, 7) is 7.10. The van der Waals surface area contributed by atoms with Crippen molar-refractivity contribution in [2.75, 3.05) is 20.6 Å². The predicted octanol–water partition coefficient (Wildman–Crippen LogP) is 5.47. The molecule has 24 heavy (non-hydrogen) atoms. The molecule has 0 aromatic heterocycles. The minimum atomic E-state index is 1.00. The monoisotopic (exact) mass is 319 g/mol. The molecule has 2 aromatic rings. The van der Waals surface area contributed by atoms with Crippen molar-refractivity contribution in [2.24, 2.45) is 0 Å². The summed E-state index contributed by atoms with van der Waals surface area (Å²) in [6, 6.07) is 17.6. The van der Waals surface area contributed by atoms with Crippen molar-refractivity contribution < 1.29 is 0 Å². The highest BCUT2D eigenvalue weighted by Gasteiger charge is 2.03. The maximum Gasteiger partial charge on any atom is 0.00127 e. The number of rotatable bonds is 8. The summed E-state index contributed by atoms with van der Waals surface area (Å²) in [7, 11) is 4.27. The van der Waals surface area contributed by atoms with Crippen LogP contribution in [0.25, 0.3) is 12.2 Å². The minimum absolute atomic E-state index is 1.00. The molecule has 0 radical (unpaired) electrons. The molecular formula is C23H29N. The lowest BCUT2D eigenvalue weighted by atomic mass is 9.98. The minimum Gasteiger partial charge on any atom is -0.309 e. The van der Waals surface area contributed by atoms with Gasteiger partial charge in [0.2, 0.25) is 0 Å². The Labute approximate surface area is 147 Å². The van der Waals surface area contributed by atoms with Gasteiger partial charge in [0.1, 0.15) is 0 Å². The van der Waals surface area contributed by atoms with Crippen LogP contribution in [0.4, 0.5) is 0 Å². The summed E-state index contributed by atoms with van der Waals surface area (Å²) in [6.07, 6.45) is 7.43. The van der Waals surface area contributed by atoms with Crippen molar-refractivity contribution in [3.8, 4) is 0 Å². The normalized spacial score (nSPS) is 11.8. The molecule has 0 saturated carbocycles. The molecule has 0 saturated heterocycles. The van der Waals surface area contributed by atoms with Crippen molar-refractivity contribution in [1.29, 1.82) is 0 Å². The van der Waals surface area contributed by atoms with E-state index in [1.165, 1.54) is 27.8 Å². The highest BCUT2D eigenvalue weighted by molar-refractivity contribution is 5.55. The molecule has 1 heteroatoms. The quantitative estimate of drug-likeness (QED) is 0.623. The van der Waals surface area contributed by atoms with Crippen LogP contribution in [0.5, 0.6) is 0 Å². The van der Waals surface area contributed by atoms with Crippen LogP contribution in [-0.2, 0) is 12.8 Å². The lowest BCUT2D eigenvalue weighted by molar-refractivity contribution is 0.412. The van der Waals surface area contributed by atoms with Crippen LogP contribution >= 0.6 is 0 Å². The molecule has 0 fully saturated rings. The highest BCUT2D eigenvalue weighted by atomic mass is 15.0.